The number of hydrogen-bond donors (Lipinski definition) is 0. The third-order valence-corrected chi connectivity index (χ3v) is 6.16. The van der Waals surface area contributed by atoms with Gasteiger partial charge >= 0.3 is 6.03 Å². The fourth-order valence-electron chi connectivity index (χ4n) is 3.94. The first-order chi connectivity index (χ1) is 12.7. The predicted molar refractivity (Wildman–Crippen MR) is 102 cm³/mol. The first-order valence-electron chi connectivity index (χ1n) is 9.83. The van der Waals surface area contributed by atoms with Crippen LogP contribution in [0.2, 0.25) is 5.02 Å². The topological polar surface area (TPSA) is 36.0 Å². The van der Waals surface area contributed by atoms with Gasteiger partial charge in [-0.2, -0.15) is 0 Å². The van der Waals surface area contributed by atoms with Crippen molar-refractivity contribution in [3.8, 4) is 0 Å². The monoisotopic (exact) mass is 377 g/mol. The lowest BCUT2D eigenvalue weighted by Gasteiger charge is -2.41. The van der Waals surface area contributed by atoms with Crippen molar-refractivity contribution in [2.75, 3.05) is 39.3 Å². The van der Waals surface area contributed by atoms with Crippen molar-refractivity contribution in [1.82, 2.24) is 14.7 Å². The summed E-state index contributed by atoms with van der Waals surface area (Å²) in [4.78, 5) is 19.3. The molecule has 3 aliphatic rings. The average Bonchev–Trinajstić information content (AvgIpc) is 2.79. The largest absolute Gasteiger partial charge is 0.370 e. The minimum atomic E-state index is 0.146. The summed E-state index contributed by atoms with van der Waals surface area (Å²) < 4.78 is 5.90. The summed E-state index contributed by atoms with van der Waals surface area (Å²) in [5.41, 5.74) is 1.11. The molecule has 6 heteroatoms. The van der Waals surface area contributed by atoms with Gasteiger partial charge in [-0.3, -0.25) is 4.90 Å². The summed E-state index contributed by atoms with van der Waals surface area (Å²) in [6.45, 7) is 5.90. The second-order valence-electron chi connectivity index (χ2n) is 7.71. The van der Waals surface area contributed by atoms with Gasteiger partial charge in [0, 0.05) is 37.2 Å². The fraction of sp³-hybridized carbons (Fsp3) is 0.650. The van der Waals surface area contributed by atoms with Crippen LogP contribution in [0.5, 0.6) is 0 Å². The molecule has 2 aliphatic heterocycles. The predicted octanol–water partition coefficient (Wildman–Crippen LogP) is 3.22. The molecule has 26 heavy (non-hydrogen) atoms. The number of rotatable bonds is 4. The Hall–Kier alpha value is -1.30. The third kappa shape index (κ3) is 4.16. The molecule has 0 spiro atoms. The van der Waals surface area contributed by atoms with E-state index in [1.165, 1.54) is 19.3 Å². The van der Waals surface area contributed by atoms with E-state index < -0.39 is 0 Å². The molecule has 4 rings (SSSR count). The molecular formula is C20H28ClN3O2. The summed E-state index contributed by atoms with van der Waals surface area (Å²) in [6.07, 6.45) is 5.29. The summed E-state index contributed by atoms with van der Waals surface area (Å²) in [5.74, 6) is 0. The second kappa shape index (κ2) is 8.15. The van der Waals surface area contributed by atoms with E-state index in [1.54, 1.807) is 0 Å². The number of carbonyl (C=O) groups is 1. The summed E-state index contributed by atoms with van der Waals surface area (Å²) >= 11 is 5.90. The minimum Gasteiger partial charge on any atom is -0.370 e. The average molecular weight is 378 g/mol. The van der Waals surface area contributed by atoms with Crippen molar-refractivity contribution < 1.29 is 9.53 Å². The van der Waals surface area contributed by atoms with Gasteiger partial charge < -0.3 is 14.5 Å². The van der Waals surface area contributed by atoms with Crippen molar-refractivity contribution in [2.45, 2.75) is 44.4 Å². The lowest BCUT2D eigenvalue weighted by molar-refractivity contribution is -0.0493. The van der Waals surface area contributed by atoms with Gasteiger partial charge in [-0.05, 0) is 37.0 Å². The zero-order chi connectivity index (χ0) is 17.9. The van der Waals surface area contributed by atoms with Crippen molar-refractivity contribution in [3.05, 3.63) is 34.9 Å². The van der Waals surface area contributed by atoms with Gasteiger partial charge in [0.25, 0.3) is 0 Å². The van der Waals surface area contributed by atoms with E-state index in [0.29, 0.717) is 19.7 Å². The Morgan fingerprint density at radius 3 is 2.46 bits per heavy atom. The molecule has 0 unspecified atom stereocenters. The molecule has 142 valence electrons. The number of ether oxygens (including phenoxy) is 1. The Morgan fingerprint density at radius 1 is 1.00 bits per heavy atom. The van der Waals surface area contributed by atoms with Crippen molar-refractivity contribution in [2.24, 2.45) is 0 Å². The number of halogens is 1. The molecule has 5 nitrogen and oxygen atoms in total. The van der Waals surface area contributed by atoms with E-state index >= 15 is 0 Å². The van der Waals surface area contributed by atoms with Crippen LogP contribution in [-0.4, -0.2) is 72.1 Å². The molecule has 3 fully saturated rings. The molecule has 1 aliphatic carbocycles. The summed E-state index contributed by atoms with van der Waals surface area (Å²) in [5, 5.41) is 0.738. The maximum Gasteiger partial charge on any atom is 0.320 e. The van der Waals surface area contributed by atoms with Gasteiger partial charge in [0.2, 0.25) is 0 Å². The van der Waals surface area contributed by atoms with Gasteiger partial charge in [0.1, 0.15) is 0 Å². The van der Waals surface area contributed by atoms with Crippen LogP contribution in [0.4, 0.5) is 4.79 Å². The number of benzene rings is 1. The number of urea groups is 1. The molecule has 0 aromatic heterocycles. The van der Waals surface area contributed by atoms with Crippen LogP contribution in [0.1, 0.15) is 31.2 Å². The number of nitrogens with zero attached hydrogens (tertiary/aromatic N) is 3. The van der Waals surface area contributed by atoms with Gasteiger partial charge in [-0.1, -0.05) is 30.2 Å². The zero-order valence-corrected chi connectivity index (χ0v) is 16.0. The molecule has 1 saturated carbocycles. The molecule has 0 atom stereocenters. The zero-order valence-electron chi connectivity index (χ0n) is 15.3. The van der Waals surface area contributed by atoms with E-state index in [2.05, 4.69) is 4.90 Å². The highest BCUT2D eigenvalue weighted by molar-refractivity contribution is 6.30. The number of hydrogen-bond acceptors (Lipinski definition) is 3. The van der Waals surface area contributed by atoms with Crippen LogP contribution in [0.3, 0.4) is 0 Å². The van der Waals surface area contributed by atoms with Crippen LogP contribution in [-0.2, 0) is 11.3 Å². The van der Waals surface area contributed by atoms with Crippen LogP contribution in [0.15, 0.2) is 24.3 Å². The van der Waals surface area contributed by atoms with Gasteiger partial charge in [0.05, 0.1) is 25.8 Å². The normalized spacial score (nSPS) is 22.7. The molecule has 0 N–H and O–H groups in total. The smallest absolute Gasteiger partial charge is 0.320 e. The van der Waals surface area contributed by atoms with Gasteiger partial charge in [0.15, 0.2) is 0 Å². The SMILES string of the molecule is O=C(N1CCCN(C2CCC2)CC1)N1CC(OCc2ccc(Cl)cc2)C1. The standard InChI is InChI=1S/C20H28ClN3O2/c21-17-7-5-16(6-8-17)15-26-19-13-24(14-19)20(25)23-10-2-9-22(11-12-23)18-3-1-4-18/h5-8,18-19H,1-4,9-15H2. The molecule has 0 bridgehead atoms. The minimum absolute atomic E-state index is 0.146. The molecular weight excluding hydrogens is 350 g/mol. The van der Waals surface area contributed by atoms with Crippen LogP contribution >= 0.6 is 11.6 Å². The molecule has 2 amide bonds. The Labute approximate surface area is 160 Å². The highest BCUT2D eigenvalue weighted by Crippen LogP contribution is 2.26. The highest BCUT2D eigenvalue weighted by Gasteiger charge is 2.35. The first-order valence-corrected chi connectivity index (χ1v) is 10.2. The van der Waals surface area contributed by atoms with Crippen LogP contribution in [0.25, 0.3) is 0 Å². The van der Waals surface area contributed by atoms with Crippen molar-refractivity contribution in [3.63, 3.8) is 0 Å². The lowest BCUT2D eigenvalue weighted by Crippen LogP contribution is -2.58. The number of amides is 2. The Kier molecular flexibility index (Phi) is 5.67. The van der Waals surface area contributed by atoms with Crippen molar-refractivity contribution in [1.29, 1.82) is 0 Å². The maximum atomic E-state index is 12.7. The van der Waals surface area contributed by atoms with Crippen molar-refractivity contribution >= 4 is 17.6 Å². The Balaban J connectivity index is 1.18. The molecule has 2 heterocycles. The van der Waals surface area contributed by atoms with E-state index in [9.17, 15) is 4.79 Å². The van der Waals surface area contributed by atoms with E-state index in [0.717, 1.165) is 49.2 Å². The van der Waals surface area contributed by atoms with Gasteiger partial charge in [-0.25, -0.2) is 4.79 Å². The quantitative estimate of drug-likeness (QED) is 0.808. The molecule has 0 radical (unpaired) electrons. The van der Waals surface area contributed by atoms with Crippen LogP contribution in [0, 0.1) is 0 Å². The highest BCUT2D eigenvalue weighted by atomic mass is 35.5. The second-order valence-corrected chi connectivity index (χ2v) is 8.14. The molecule has 1 aromatic carbocycles. The fourth-order valence-corrected chi connectivity index (χ4v) is 4.07. The first kappa shape index (κ1) is 18.1. The van der Waals surface area contributed by atoms with E-state index in [-0.39, 0.29) is 12.1 Å². The Bertz CT molecular complexity index is 614. The lowest BCUT2D eigenvalue weighted by atomic mass is 9.91. The van der Waals surface area contributed by atoms with E-state index in [4.69, 9.17) is 16.3 Å². The van der Waals surface area contributed by atoms with E-state index in [1.807, 2.05) is 34.1 Å². The number of carbonyl (C=O) groups excluding carboxylic acids is 1. The van der Waals surface area contributed by atoms with Gasteiger partial charge in [-0.15, -0.1) is 0 Å². The summed E-state index contributed by atoms with van der Waals surface area (Å²) in [7, 11) is 0. The maximum absolute atomic E-state index is 12.7. The summed E-state index contributed by atoms with van der Waals surface area (Å²) in [6, 6.07) is 8.68. The van der Waals surface area contributed by atoms with Crippen LogP contribution < -0.4 is 0 Å². The molecule has 2 saturated heterocycles. The molecule has 1 aromatic rings. The Morgan fingerprint density at radius 2 is 1.77 bits per heavy atom. The number of likely N-dealkylation sites (tertiary alicyclic amines) is 1. The third-order valence-electron chi connectivity index (χ3n) is 5.91.